The van der Waals surface area contributed by atoms with Crippen molar-refractivity contribution < 1.29 is 9.53 Å². The maximum Gasteiger partial charge on any atom is 0.269 e. The van der Waals surface area contributed by atoms with Crippen LogP contribution in [0.25, 0.3) is 0 Å². The summed E-state index contributed by atoms with van der Waals surface area (Å²) in [6.07, 6.45) is 0. The van der Waals surface area contributed by atoms with Crippen molar-refractivity contribution in [2.75, 3.05) is 30.4 Å². The summed E-state index contributed by atoms with van der Waals surface area (Å²) in [5, 5.41) is 14.2. The average Bonchev–Trinajstić information content (AvgIpc) is 3.41. The molecule has 0 radical (unpaired) electrons. The Balaban J connectivity index is 1.57. The number of nitrogens with one attached hydrogen (secondary N) is 1. The number of nitriles is 1. The van der Waals surface area contributed by atoms with Crippen molar-refractivity contribution in [2.45, 2.75) is 25.3 Å². The molecule has 2 heterocycles. The summed E-state index contributed by atoms with van der Waals surface area (Å²) in [4.78, 5) is 24.3. The molecule has 0 atom stereocenters. The molecule has 5 rings (SSSR count). The lowest BCUT2D eigenvalue weighted by Crippen LogP contribution is -2.29. The predicted octanol–water partition coefficient (Wildman–Crippen LogP) is 6.56. The van der Waals surface area contributed by atoms with Gasteiger partial charge in [-0.15, -0.1) is 0 Å². The quantitative estimate of drug-likeness (QED) is 0.339. The molecular formula is C29H27N5O2S2. The molecule has 0 aliphatic carbocycles. The van der Waals surface area contributed by atoms with Gasteiger partial charge in [0.15, 0.2) is 5.17 Å². The molecule has 9 heteroatoms. The van der Waals surface area contributed by atoms with Gasteiger partial charge in [0.2, 0.25) is 0 Å². The molecule has 1 amide bonds. The van der Waals surface area contributed by atoms with Gasteiger partial charge in [-0.05, 0) is 67.6 Å². The third kappa shape index (κ3) is 5.10. The summed E-state index contributed by atoms with van der Waals surface area (Å²) in [6.45, 7) is 5.67. The number of ether oxygens (including phenoxy) is 1. The first-order valence-corrected chi connectivity index (χ1v) is 14.0. The van der Waals surface area contributed by atoms with Crippen molar-refractivity contribution in [3.63, 3.8) is 0 Å². The van der Waals surface area contributed by atoms with E-state index >= 15 is 0 Å². The molecular weight excluding hydrogens is 514 g/mol. The van der Waals surface area contributed by atoms with Crippen molar-refractivity contribution in [2.24, 2.45) is 4.99 Å². The van der Waals surface area contributed by atoms with Crippen LogP contribution in [-0.4, -0.2) is 36.2 Å². The minimum atomic E-state index is -0.0915. The summed E-state index contributed by atoms with van der Waals surface area (Å²) in [7, 11) is 1.98. The molecule has 2 aliphatic rings. The van der Waals surface area contributed by atoms with Gasteiger partial charge in [0.1, 0.15) is 10.7 Å². The molecule has 1 N–H and O–H groups in total. The number of nitrogens with zero attached hydrogens (tertiary/aromatic N) is 4. The van der Waals surface area contributed by atoms with Crippen molar-refractivity contribution in [3.8, 4) is 11.8 Å². The van der Waals surface area contributed by atoms with E-state index < -0.39 is 0 Å². The highest BCUT2D eigenvalue weighted by atomic mass is 32.2. The lowest BCUT2D eigenvalue weighted by Gasteiger charge is -2.17. The first kappa shape index (κ1) is 25.8. The molecule has 192 valence electrons. The molecule has 1 fully saturated rings. The lowest BCUT2D eigenvalue weighted by atomic mass is 10.2. The number of hydrogen-bond acceptors (Lipinski definition) is 8. The topological polar surface area (TPSA) is 81.0 Å². The van der Waals surface area contributed by atoms with Crippen LogP contribution in [0, 0.1) is 11.3 Å². The van der Waals surface area contributed by atoms with Gasteiger partial charge in [-0.3, -0.25) is 9.69 Å². The monoisotopic (exact) mass is 541 g/mol. The van der Waals surface area contributed by atoms with Gasteiger partial charge in [0.05, 0.1) is 46.9 Å². The number of carbonyl (C=O) groups excluding carboxylic acids is 1. The van der Waals surface area contributed by atoms with Crippen LogP contribution >= 0.6 is 23.5 Å². The van der Waals surface area contributed by atoms with Crippen LogP contribution < -0.4 is 15.0 Å². The average molecular weight is 542 g/mol. The number of anilines is 2. The number of thioether (sulfide) groups is 2. The fourth-order valence-electron chi connectivity index (χ4n) is 4.25. The van der Waals surface area contributed by atoms with Crippen LogP contribution in [-0.2, 0) is 11.3 Å². The van der Waals surface area contributed by atoms with E-state index in [4.69, 9.17) is 9.73 Å². The molecule has 0 bridgehead atoms. The Morgan fingerprint density at radius 2 is 1.87 bits per heavy atom. The molecule has 38 heavy (non-hydrogen) atoms. The van der Waals surface area contributed by atoms with Crippen molar-refractivity contribution >= 4 is 51.7 Å². The fraction of sp³-hybridized carbons (Fsp3) is 0.207. The van der Waals surface area contributed by atoms with E-state index in [9.17, 15) is 10.1 Å². The molecule has 2 aliphatic heterocycles. The zero-order valence-corrected chi connectivity index (χ0v) is 23.0. The Labute approximate surface area is 231 Å². The van der Waals surface area contributed by atoms with Crippen LogP contribution in [0.3, 0.4) is 0 Å². The maximum absolute atomic E-state index is 13.9. The zero-order chi connectivity index (χ0) is 26.6. The Bertz CT molecular complexity index is 1480. The highest BCUT2D eigenvalue weighted by molar-refractivity contribution is 8.19. The van der Waals surface area contributed by atoms with Gasteiger partial charge < -0.3 is 15.0 Å². The number of carbonyl (C=O) groups is 1. The second kappa shape index (κ2) is 11.3. The first-order chi connectivity index (χ1) is 18.5. The second-order valence-electron chi connectivity index (χ2n) is 8.61. The largest absolute Gasteiger partial charge is 0.494 e. The predicted molar refractivity (Wildman–Crippen MR) is 156 cm³/mol. The standard InChI is InChI=1S/C29H27N5O2S2/c1-4-31-22-13-11-20(17-30)15-23(22)32-29-34(18-19-9-7-6-8-10-19)27(35)26(38-29)28-33(3)24-14-12-21(36-5-2)16-25(24)37-28/h6-16,31H,4-5,18H2,1-3H3/b28-26-,32-29?. The molecule has 3 aromatic carbocycles. The smallest absolute Gasteiger partial charge is 0.269 e. The minimum absolute atomic E-state index is 0.0915. The van der Waals surface area contributed by atoms with Gasteiger partial charge in [0, 0.05) is 18.5 Å². The van der Waals surface area contributed by atoms with Crippen LogP contribution in [0.4, 0.5) is 17.1 Å². The second-order valence-corrected chi connectivity index (χ2v) is 10.6. The van der Waals surface area contributed by atoms with Crippen LogP contribution in [0.1, 0.15) is 25.0 Å². The number of rotatable bonds is 7. The van der Waals surface area contributed by atoms with Crippen LogP contribution in [0.5, 0.6) is 5.75 Å². The van der Waals surface area contributed by atoms with Gasteiger partial charge >= 0.3 is 0 Å². The Morgan fingerprint density at radius 3 is 2.61 bits per heavy atom. The van der Waals surface area contributed by atoms with Gasteiger partial charge in [-0.2, -0.15) is 5.26 Å². The summed E-state index contributed by atoms with van der Waals surface area (Å²) in [5.41, 5.74) is 4.00. The number of amidine groups is 1. The van der Waals surface area contributed by atoms with Crippen LogP contribution in [0.2, 0.25) is 0 Å². The van der Waals surface area contributed by atoms with E-state index in [1.165, 1.54) is 11.8 Å². The third-order valence-electron chi connectivity index (χ3n) is 6.07. The molecule has 0 spiro atoms. The third-order valence-corrected chi connectivity index (χ3v) is 8.48. The van der Waals surface area contributed by atoms with Crippen LogP contribution in [0.15, 0.2) is 86.6 Å². The molecule has 3 aromatic rings. The zero-order valence-electron chi connectivity index (χ0n) is 21.4. The minimum Gasteiger partial charge on any atom is -0.494 e. The van der Waals surface area contributed by atoms with E-state index in [0.29, 0.717) is 41.0 Å². The molecule has 0 saturated carbocycles. The SMILES string of the molecule is CCNc1ccc(C#N)cc1N=C1S/C(=C2\Sc3cc(OCC)ccc3N2C)C(=O)N1Cc1ccccc1. The number of benzene rings is 3. The normalized spacial score (nSPS) is 17.6. The maximum atomic E-state index is 13.9. The lowest BCUT2D eigenvalue weighted by molar-refractivity contribution is -0.122. The number of hydrogen-bond donors (Lipinski definition) is 1. The Hall–Kier alpha value is -3.87. The molecule has 7 nitrogen and oxygen atoms in total. The molecule has 0 unspecified atom stereocenters. The molecule has 0 aromatic heterocycles. The van der Waals surface area contributed by atoms with Crippen molar-refractivity contribution in [1.82, 2.24) is 4.90 Å². The van der Waals surface area contributed by atoms with E-state index in [0.717, 1.165) is 32.6 Å². The van der Waals surface area contributed by atoms with Crippen molar-refractivity contribution in [1.29, 1.82) is 5.26 Å². The van der Waals surface area contributed by atoms with E-state index in [2.05, 4.69) is 16.3 Å². The van der Waals surface area contributed by atoms with Gasteiger partial charge in [-0.1, -0.05) is 42.1 Å². The Kier molecular flexibility index (Phi) is 7.63. The Morgan fingerprint density at radius 1 is 1.05 bits per heavy atom. The number of aliphatic imine (C=N–C) groups is 1. The summed E-state index contributed by atoms with van der Waals surface area (Å²) in [6, 6.07) is 23.5. The van der Waals surface area contributed by atoms with Gasteiger partial charge in [0.25, 0.3) is 5.91 Å². The number of amides is 1. The first-order valence-electron chi connectivity index (χ1n) is 12.4. The van der Waals surface area contributed by atoms with Gasteiger partial charge in [-0.25, -0.2) is 4.99 Å². The molecule has 1 saturated heterocycles. The van der Waals surface area contributed by atoms with Crippen molar-refractivity contribution in [3.05, 3.63) is 87.8 Å². The summed E-state index contributed by atoms with van der Waals surface area (Å²) >= 11 is 2.94. The summed E-state index contributed by atoms with van der Waals surface area (Å²) < 4.78 is 5.69. The summed E-state index contributed by atoms with van der Waals surface area (Å²) in [5.74, 6) is 0.719. The number of fused-ring (bicyclic) bond motifs is 1. The van der Waals surface area contributed by atoms with E-state index in [1.54, 1.807) is 28.8 Å². The highest BCUT2D eigenvalue weighted by Gasteiger charge is 2.39. The highest BCUT2D eigenvalue weighted by Crippen LogP contribution is 2.51. The fourth-order valence-corrected chi connectivity index (χ4v) is 6.61. The van der Waals surface area contributed by atoms with E-state index in [1.807, 2.05) is 75.5 Å². The van der Waals surface area contributed by atoms with E-state index in [-0.39, 0.29) is 5.91 Å².